The second-order valence-corrected chi connectivity index (χ2v) is 5.27. The lowest BCUT2D eigenvalue weighted by atomic mass is 10.1. The van der Waals surface area contributed by atoms with Crippen LogP contribution in [0.5, 0.6) is 0 Å². The van der Waals surface area contributed by atoms with E-state index in [2.05, 4.69) is 16.0 Å². The van der Waals surface area contributed by atoms with Crippen LogP contribution in [0.15, 0.2) is 17.5 Å². The Balaban J connectivity index is 2.23. The van der Waals surface area contributed by atoms with Gasteiger partial charge in [0.05, 0.1) is 12.6 Å². The molecular weight excluding hydrogens is 246 g/mol. The number of rotatable bonds is 9. The van der Waals surface area contributed by atoms with Crippen LogP contribution in [-0.4, -0.2) is 32.6 Å². The molecule has 0 aliphatic heterocycles. The van der Waals surface area contributed by atoms with Gasteiger partial charge in [-0.3, -0.25) is 4.79 Å². The molecule has 0 aromatic carbocycles. The minimum Gasteiger partial charge on any atom is -0.350 e. The molecule has 0 saturated carbocycles. The zero-order chi connectivity index (χ0) is 13.2. The van der Waals surface area contributed by atoms with Gasteiger partial charge in [-0.1, -0.05) is 12.5 Å². The van der Waals surface area contributed by atoms with Crippen molar-refractivity contribution >= 4 is 17.2 Å². The average Bonchev–Trinajstić information content (AvgIpc) is 2.89. The van der Waals surface area contributed by atoms with Gasteiger partial charge in [0, 0.05) is 4.88 Å². The van der Waals surface area contributed by atoms with E-state index >= 15 is 0 Å². The highest BCUT2D eigenvalue weighted by atomic mass is 32.1. The molecule has 1 aromatic rings. The zero-order valence-electron chi connectivity index (χ0n) is 11.2. The molecule has 0 spiro atoms. The number of nitrogens with one attached hydrogen (secondary N) is 3. The van der Waals surface area contributed by atoms with Crippen molar-refractivity contribution < 1.29 is 4.79 Å². The summed E-state index contributed by atoms with van der Waals surface area (Å²) in [6.45, 7) is 1.64. The summed E-state index contributed by atoms with van der Waals surface area (Å²) in [5.74, 6) is 0.0929. The number of likely N-dealkylation sites (N-methyl/N-ethyl adjacent to an activating group) is 1. The van der Waals surface area contributed by atoms with Crippen LogP contribution in [0.2, 0.25) is 0 Å². The van der Waals surface area contributed by atoms with E-state index < -0.39 is 0 Å². The van der Waals surface area contributed by atoms with E-state index in [0.717, 1.165) is 25.8 Å². The molecule has 18 heavy (non-hydrogen) atoms. The Hall–Kier alpha value is -0.910. The van der Waals surface area contributed by atoms with Gasteiger partial charge in [0.2, 0.25) is 5.91 Å². The highest BCUT2D eigenvalue weighted by molar-refractivity contribution is 7.09. The van der Waals surface area contributed by atoms with Gasteiger partial charge >= 0.3 is 0 Å². The molecule has 1 heterocycles. The van der Waals surface area contributed by atoms with Gasteiger partial charge in [0.1, 0.15) is 0 Å². The molecule has 3 N–H and O–H groups in total. The summed E-state index contributed by atoms with van der Waals surface area (Å²) < 4.78 is 0. The van der Waals surface area contributed by atoms with Gasteiger partial charge in [0.15, 0.2) is 0 Å². The summed E-state index contributed by atoms with van der Waals surface area (Å²) in [5.41, 5.74) is 0. The number of carbonyl (C=O) groups excluding carboxylic acids is 1. The van der Waals surface area contributed by atoms with Gasteiger partial charge in [-0.2, -0.15) is 0 Å². The summed E-state index contributed by atoms with van der Waals surface area (Å²) >= 11 is 1.67. The maximum atomic E-state index is 11.9. The first-order chi connectivity index (χ1) is 8.77. The van der Waals surface area contributed by atoms with Crippen LogP contribution >= 0.6 is 11.3 Å². The molecule has 0 bridgehead atoms. The number of hydrogen-bond donors (Lipinski definition) is 3. The van der Waals surface area contributed by atoms with Crippen molar-refractivity contribution in [3.8, 4) is 0 Å². The lowest BCUT2D eigenvalue weighted by Crippen LogP contribution is -2.42. The van der Waals surface area contributed by atoms with Crippen LogP contribution in [0.25, 0.3) is 0 Å². The summed E-state index contributed by atoms with van der Waals surface area (Å²) in [4.78, 5) is 13.1. The zero-order valence-corrected chi connectivity index (χ0v) is 12.0. The molecule has 102 valence electrons. The minimum atomic E-state index is -0.0816. The highest BCUT2D eigenvalue weighted by Gasteiger charge is 2.15. The van der Waals surface area contributed by atoms with Crippen molar-refractivity contribution in [3.05, 3.63) is 22.4 Å². The smallest absolute Gasteiger partial charge is 0.237 e. The number of amides is 1. The van der Waals surface area contributed by atoms with Gasteiger partial charge < -0.3 is 16.0 Å². The van der Waals surface area contributed by atoms with Crippen LogP contribution in [0.1, 0.15) is 24.1 Å². The molecule has 0 saturated heterocycles. The van der Waals surface area contributed by atoms with E-state index in [1.165, 1.54) is 4.88 Å². The fourth-order valence-corrected chi connectivity index (χ4v) is 2.41. The van der Waals surface area contributed by atoms with Crippen molar-refractivity contribution in [2.75, 3.05) is 20.6 Å². The van der Waals surface area contributed by atoms with E-state index in [4.69, 9.17) is 0 Å². The van der Waals surface area contributed by atoms with Crippen molar-refractivity contribution in [3.63, 3.8) is 0 Å². The molecule has 0 fully saturated rings. The Bertz CT molecular complexity index is 327. The summed E-state index contributed by atoms with van der Waals surface area (Å²) in [5, 5.41) is 11.2. The molecular formula is C13H23N3OS. The molecule has 1 rings (SSSR count). The van der Waals surface area contributed by atoms with Gasteiger partial charge in [-0.25, -0.2) is 0 Å². The fourth-order valence-electron chi connectivity index (χ4n) is 1.77. The number of unbranched alkanes of at least 4 members (excludes halogenated alkanes) is 1. The molecule has 0 radical (unpaired) electrons. The quantitative estimate of drug-likeness (QED) is 0.593. The third-order valence-corrected chi connectivity index (χ3v) is 3.73. The van der Waals surface area contributed by atoms with Crippen LogP contribution in [0, 0.1) is 0 Å². The lowest BCUT2D eigenvalue weighted by Gasteiger charge is -2.15. The molecule has 1 amide bonds. The Morgan fingerprint density at radius 1 is 1.39 bits per heavy atom. The molecule has 4 nitrogen and oxygen atoms in total. The Kier molecular flexibility index (Phi) is 7.64. The van der Waals surface area contributed by atoms with Crippen molar-refractivity contribution in [1.29, 1.82) is 0 Å². The molecule has 0 aliphatic rings. The molecule has 1 atom stereocenters. The topological polar surface area (TPSA) is 53.2 Å². The monoisotopic (exact) mass is 269 g/mol. The van der Waals surface area contributed by atoms with Crippen molar-refractivity contribution in [2.45, 2.75) is 31.8 Å². The Morgan fingerprint density at radius 3 is 2.83 bits per heavy atom. The predicted molar refractivity (Wildman–Crippen MR) is 76.8 cm³/mol. The van der Waals surface area contributed by atoms with Gasteiger partial charge in [-0.15, -0.1) is 11.3 Å². The summed E-state index contributed by atoms with van der Waals surface area (Å²) in [6, 6.07) is 3.95. The first-order valence-electron chi connectivity index (χ1n) is 6.40. The van der Waals surface area contributed by atoms with Gasteiger partial charge in [0.25, 0.3) is 0 Å². The lowest BCUT2D eigenvalue weighted by molar-refractivity contribution is -0.123. The standard InChI is InChI=1S/C13H23N3OS/c1-14-8-4-3-7-12(15-2)13(17)16-10-11-6-5-9-18-11/h5-6,9,12,14-15H,3-4,7-8,10H2,1-2H3,(H,16,17). The maximum Gasteiger partial charge on any atom is 0.237 e. The van der Waals surface area contributed by atoms with Crippen molar-refractivity contribution in [1.82, 2.24) is 16.0 Å². The molecule has 0 aliphatic carbocycles. The maximum absolute atomic E-state index is 11.9. The van der Waals surface area contributed by atoms with Crippen molar-refractivity contribution in [2.24, 2.45) is 0 Å². The summed E-state index contributed by atoms with van der Waals surface area (Å²) in [6.07, 6.45) is 3.04. The van der Waals surface area contributed by atoms with Crippen LogP contribution in [0.3, 0.4) is 0 Å². The first-order valence-corrected chi connectivity index (χ1v) is 7.28. The normalized spacial score (nSPS) is 12.3. The molecule has 5 heteroatoms. The van der Waals surface area contributed by atoms with Crippen LogP contribution < -0.4 is 16.0 Å². The predicted octanol–water partition coefficient (Wildman–Crippen LogP) is 1.34. The van der Waals surface area contributed by atoms with Crippen LogP contribution in [0.4, 0.5) is 0 Å². The molecule has 1 aromatic heterocycles. The highest BCUT2D eigenvalue weighted by Crippen LogP contribution is 2.08. The van der Waals surface area contributed by atoms with Crippen LogP contribution in [-0.2, 0) is 11.3 Å². The minimum absolute atomic E-state index is 0.0816. The largest absolute Gasteiger partial charge is 0.350 e. The fraction of sp³-hybridized carbons (Fsp3) is 0.615. The Morgan fingerprint density at radius 2 is 2.22 bits per heavy atom. The SMILES string of the molecule is CNCCCCC(NC)C(=O)NCc1cccs1. The van der Waals surface area contributed by atoms with E-state index in [0.29, 0.717) is 6.54 Å². The number of hydrogen-bond acceptors (Lipinski definition) is 4. The third-order valence-electron chi connectivity index (χ3n) is 2.85. The first kappa shape index (κ1) is 15.1. The van der Waals surface area contributed by atoms with E-state index in [1.807, 2.05) is 31.6 Å². The molecule has 1 unspecified atom stereocenters. The van der Waals surface area contributed by atoms with E-state index in [-0.39, 0.29) is 11.9 Å². The number of thiophene rings is 1. The number of carbonyl (C=O) groups is 1. The summed E-state index contributed by atoms with van der Waals surface area (Å²) in [7, 11) is 3.79. The van der Waals surface area contributed by atoms with E-state index in [9.17, 15) is 4.79 Å². The van der Waals surface area contributed by atoms with Gasteiger partial charge in [-0.05, 0) is 44.9 Å². The second kappa shape index (κ2) is 9.08. The second-order valence-electron chi connectivity index (χ2n) is 4.24. The Labute approximate surface area is 113 Å². The average molecular weight is 269 g/mol. The van der Waals surface area contributed by atoms with E-state index in [1.54, 1.807) is 11.3 Å². The third kappa shape index (κ3) is 5.62.